The highest BCUT2D eigenvalue weighted by molar-refractivity contribution is 7.12. The maximum Gasteiger partial charge on any atom is 0.434 e. The Labute approximate surface area is 860 Å². The average Bonchev–Trinajstić information content (AvgIpc) is 1.71. The number of halogens is 3. The summed E-state index contributed by atoms with van der Waals surface area (Å²) in [5.41, 5.74) is 9.07. The summed E-state index contributed by atoms with van der Waals surface area (Å²) in [4.78, 5) is 65.5. The Bertz CT molecular complexity index is 4380. The number of aromatic amines is 3. The van der Waals surface area contributed by atoms with Crippen molar-refractivity contribution >= 4 is 39.7 Å². The largest absolute Gasteiger partial charge is 0.449 e. The minimum Gasteiger partial charge on any atom is -0.449 e. The molecule has 1 aliphatic heterocycles. The van der Waals surface area contributed by atoms with Gasteiger partial charge in [0.05, 0.1) is 39.7 Å². The second-order valence-corrected chi connectivity index (χ2v) is 38.4. The van der Waals surface area contributed by atoms with Gasteiger partial charge in [-0.1, -0.05) is 322 Å². The van der Waals surface area contributed by atoms with Gasteiger partial charge in [0, 0.05) is 172 Å². The Morgan fingerprint density at radius 2 is 0.857 bits per heavy atom. The quantitative estimate of drug-likeness (QED) is 0.0861. The third kappa shape index (κ3) is 68.2. The van der Waals surface area contributed by atoms with E-state index < -0.39 is 11.9 Å². The number of rotatable bonds is 15. The zero-order valence-electron chi connectivity index (χ0n) is 84.8. The highest BCUT2D eigenvalue weighted by Crippen LogP contribution is 2.32. The van der Waals surface area contributed by atoms with Gasteiger partial charge in [-0.3, -0.25) is 35.0 Å². The van der Waals surface area contributed by atoms with Gasteiger partial charge >= 0.3 is 6.18 Å². The van der Waals surface area contributed by atoms with Crippen LogP contribution in [0.2, 0.25) is 0 Å². The number of aromatic nitrogens is 17. The molecule has 3 N–H and O–H groups in total. The molecule has 784 valence electrons. The van der Waals surface area contributed by atoms with E-state index >= 15 is 0 Å². The predicted molar refractivity (Wildman–Crippen MR) is 602 cm³/mol. The van der Waals surface area contributed by atoms with Crippen LogP contribution in [0.1, 0.15) is 443 Å². The number of aryl methyl sites for hydroxylation is 2. The zero-order valence-corrected chi connectivity index (χ0v) is 87.2. The Morgan fingerprint density at radius 3 is 1.09 bits per heavy atom. The molecular weight excluding hydrogens is 1810 g/mol. The van der Waals surface area contributed by atoms with Gasteiger partial charge in [-0.2, -0.15) is 18.3 Å². The fourth-order valence-corrected chi connectivity index (χ4v) is 12.3. The number of hydrogen-bond donors (Lipinski definition) is 3. The first kappa shape index (κ1) is 144. The van der Waals surface area contributed by atoms with E-state index in [0.717, 1.165) is 63.8 Å². The van der Waals surface area contributed by atoms with E-state index in [4.69, 9.17) is 8.83 Å². The van der Waals surface area contributed by atoms with Crippen LogP contribution in [0, 0.1) is 19.8 Å². The van der Waals surface area contributed by atoms with Crippen molar-refractivity contribution in [3.63, 3.8) is 0 Å². The SMILES string of the molecule is C.C.C.C.C.C.C.C.CC(C)C1=NCC=C1.CC(C)c1ccc[nH]1.CC(C)c1ccccc1.CC(C)c1ccccn1.CC(C)c1ccccn1.CC(C)c1cccnc1.CC(C)c1ccn[nH]1.CC(C)c1cnccn1.CC(C)c1nc(C(F)(F)F)cs1.CC(C)c1ncc[nH]1.CC(C)c1ncccn1.CC(C)c1ncco1.CC(C)c1ncco1.Cc1cnc(C(C)C)s1.Cc1ncc(C(C)C)s1. The van der Waals surface area contributed by atoms with E-state index in [1.165, 1.54) is 48.0 Å². The minimum atomic E-state index is -4.30. The second kappa shape index (κ2) is 83.8. The lowest BCUT2D eigenvalue weighted by Crippen LogP contribution is -2.05. The van der Waals surface area contributed by atoms with Crippen molar-refractivity contribution in [2.75, 3.05) is 6.54 Å². The fraction of sp³-hybridized carbons (Fsp3) is 0.500. The summed E-state index contributed by atoms with van der Waals surface area (Å²) in [6.45, 7) is 68.4. The summed E-state index contributed by atoms with van der Waals surface area (Å²) in [6, 6.07) is 34.5. The molecule has 14 heterocycles. The summed E-state index contributed by atoms with van der Waals surface area (Å²) in [5, 5.41) is 10.7. The maximum atomic E-state index is 12.0. The van der Waals surface area contributed by atoms with E-state index in [1.807, 2.05) is 159 Å². The molecule has 0 spiro atoms. The van der Waals surface area contributed by atoms with Gasteiger partial charge in [-0.15, -0.1) is 34.0 Å². The molecule has 0 unspecified atom stereocenters. The molecule has 15 rings (SSSR count). The number of allylic oxidation sites excluding steroid dienone is 1. The molecule has 0 bridgehead atoms. The first-order valence-corrected chi connectivity index (χ1v) is 48.3. The summed E-state index contributed by atoms with van der Waals surface area (Å²) >= 11 is 4.62. The molecule has 14 aromatic rings. The summed E-state index contributed by atoms with van der Waals surface area (Å²) < 4.78 is 46.0. The number of alkyl halides is 3. The standard InChI is InChI=1S/C9H12.3C8H11N.C7H8F3NS.2C7H10N2.2C7H11NS.2C7H11N.2C6H10N2.2C6H9NO.8CH4/c1-8(2)9-6-4-3-5-7-9;1-7(2)8-4-3-5-9-6-8;2*1-7(2)8-5-3-4-6-9-8;1-4(2)6-11-5(3-12-6)7(8,9)10;1-6(2)7-5-8-3-4-9-7;1-6(2)7-8-4-3-5-9-7;1-5(2)7-4-8-6(3)9-7;1-5(2)7-8-4-6(3)9-7;2*1-6(2)7-4-3-5-8-7;1-5(2)6-7-3-4-8-6;1-5(2)6-3-4-7-8-6;2*1-5(2)6-7-3-4-8-6;;;;;;;;/h3-8H,1-2H3;3*3-7H,1-2H3;3-4H,1-2H3;2*3-6H,1-2H3;2*4-5H,1-3H3;3-4,6H,5H2,1-2H3;3-6,8H,1-2H3;2*3-5H,1-2H3,(H,7,8);2*3-5H,1-2H3;8*1H4. The Morgan fingerprint density at radius 1 is 0.350 bits per heavy atom. The lowest BCUT2D eigenvalue weighted by Gasteiger charge is -2.01. The van der Waals surface area contributed by atoms with E-state index in [-0.39, 0.29) is 65.3 Å². The molecule has 0 radical (unpaired) electrons. The van der Waals surface area contributed by atoms with Crippen LogP contribution in [0.15, 0.2) is 252 Å². The minimum absolute atomic E-state index is 0. The monoisotopic (exact) mass is 1990 g/mol. The lowest BCUT2D eigenvalue weighted by atomic mass is 10.0. The number of aliphatic imine (C=N–C) groups is 1. The number of H-pyrrole nitrogens is 3. The molecule has 140 heavy (non-hydrogen) atoms. The lowest BCUT2D eigenvalue weighted by molar-refractivity contribution is -0.140. The molecule has 0 atom stereocenters. The van der Waals surface area contributed by atoms with Gasteiger partial charge in [0.15, 0.2) is 17.5 Å². The number of pyridine rings is 3. The van der Waals surface area contributed by atoms with Gasteiger partial charge in [0.2, 0.25) is 0 Å². The molecular formula is C114H187F3N18O2S3. The number of oxazole rings is 2. The number of benzene rings is 1. The zero-order chi connectivity index (χ0) is 99.1. The smallest absolute Gasteiger partial charge is 0.434 e. The topological polar surface area (TPSA) is 266 Å². The van der Waals surface area contributed by atoms with Crippen LogP contribution in [-0.4, -0.2) is 97.2 Å². The molecule has 1 aliphatic rings. The van der Waals surface area contributed by atoms with Crippen LogP contribution in [-0.2, 0) is 6.18 Å². The van der Waals surface area contributed by atoms with E-state index in [0.29, 0.717) is 87.9 Å². The van der Waals surface area contributed by atoms with Crippen LogP contribution in [0.4, 0.5) is 13.2 Å². The van der Waals surface area contributed by atoms with Crippen LogP contribution >= 0.6 is 34.0 Å². The van der Waals surface area contributed by atoms with E-state index in [2.05, 4.69) is 312 Å². The van der Waals surface area contributed by atoms with Crippen LogP contribution in [0.3, 0.4) is 0 Å². The predicted octanol–water partition coefficient (Wildman–Crippen LogP) is 36.6. The molecule has 26 heteroatoms. The highest BCUT2D eigenvalue weighted by atomic mass is 32.1. The van der Waals surface area contributed by atoms with Crippen LogP contribution in [0.5, 0.6) is 0 Å². The molecule has 0 saturated heterocycles. The normalized spacial score (nSPS) is 10.3. The van der Waals surface area contributed by atoms with Gasteiger partial charge in [0.25, 0.3) is 0 Å². The van der Waals surface area contributed by atoms with Crippen molar-refractivity contribution < 1.29 is 22.0 Å². The third-order valence-corrected chi connectivity index (χ3v) is 21.5. The Hall–Kier alpha value is -11.0. The molecule has 1 aromatic carbocycles. The van der Waals surface area contributed by atoms with E-state index in [1.54, 1.807) is 97.2 Å². The fourth-order valence-electron chi connectivity index (χ4n) is 9.86. The van der Waals surface area contributed by atoms with Crippen LogP contribution < -0.4 is 0 Å². The van der Waals surface area contributed by atoms with Crippen molar-refractivity contribution in [3.05, 3.63) is 332 Å². The van der Waals surface area contributed by atoms with Crippen molar-refractivity contribution in [1.82, 2.24) is 85.0 Å². The molecule has 13 aromatic heterocycles. The highest BCUT2D eigenvalue weighted by Gasteiger charge is 2.34. The van der Waals surface area contributed by atoms with Gasteiger partial charge < -0.3 is 18.8 Å². The van der Waals surface area contributed by atoms with Crippen LogP contribution in [0.25, 0.3) is 0 Å². The third-order valence-electron chi connectivity index (χ3n) is 17.9. The molecule has 20 nitrogen and oxygen atoms in total. The molecule has 0 amide bonds. The van der Waals surface area contributed by atoms with Crippen molar-refractivity contribution in [2.24, 2.45) is 10.9 Å². The number of nitrogens with zero attached hydrogens (tertiary/aromatic N) is 15. The maximum absolute atomic E-state index is 12.0. The van der Waals surface area contributed by atoms with Gasteiger partial charge in [-0.25, -0.2) is 39.9 Å². The average molecular weight is 2000 g/mol. The van der Waals surface area contributed by atoms with Gasteiger partial charge in [-0.05, 0) is 139 Å². The Kier molecular flexibility index (Phi) is 86.4. The summed E-state index contributed by atoms with van der Waals surface area (Å²) in [5.74, 6) is 11.3. The molecule has 0 aliphatic carbocycles. The number of thiazole rings is 3. The van der Waals surface area contributed by atoms with Gasteiger partial charge in [0.1, 0.15) is 24.2 Å². The summed E-state index contributed by atoms with van der Waals surface area (Å²) in [7, 11) is 0. The van der Waals surface area contributed by atoms with Crippen molar-refractivity contribution in [3.8, 4) is 0 Å². The Balaban J connectivity index is -0.000000222. The number of imidazole rings is 1. The first-order chi connectivity index (χ1) is 62.5. The number of nitrogens with one attached hydrogen (secondary N) is 3. The molecule has 0 fully saturated rings. The van der Waals surface area contributed by atoms with E-state index in [9.17, 15) is 13.2 Å². The number of hydrogen-bond acceptors (Lipinski definition) is 20. The second-order valence-electron chi connectivity index (χ2n) is 34.9. The van der Waals surface area contributed by atoms with Crippen molar-refractivity contribution in [2.45, 2.75) is 370 Å². The summed E-state index contributed by atoms with van der Waals surface area (Å²) in [6.07, 6.45) is 33.7. The molecule has 0 saturated carbocycles. The first-order valence-electron chi connectivity index (χ1n) is 45.7. The van der Waals surface area contributed by atoms with Crippen molar-refractivity contribution in [1.29, 1.82) is 0 Å².